The van der Waals surface area contributed by atoms with Crippen molar-refractivity contribution in [2.75, 3.05) is 0 Å². The molecule has 72 valence electrons. The predicted molar refractivity (Wildman–Crippen MR) is 53.2 cm³/mol. The van der Waals surface area contributed by atoms with Crippen molar-refractivity contribution in [1.29, 1.82) is 0 Å². The number of hydrogen-bond acceptors (Lipinski definition) is 2. The highest BCUT2D eigenvalue weighted by atomic mass is 16.1. The zero-order valence-corrected chi connectivity index (χ0v) is 8.32. The van der Waals surface area contributed by atoms with Crippen LogP contribution >= 0.6 is 0 Å². The van der Waals surface area contributed by atoms with Crippen LogP contribution in [0.25, 0.3) is 0 Å². The lowest BCUT2D eigenvalue weighted by atomic mass is 10.1. The number of rotatable bonds is 3. The number of nitrogens with zero attached hydrogens (tertiary/aromatic N) is 1. The monoisotopic (exact) mass is 180 g/mol. The molecule has 1 amide bonds. The summed E-state index contributed by atoms with van der Waals surface area (Å²) in [6.07, 6.45) is 4.13. The molecule has 0 saturated carbocycles. The number of nitrogens with one attached hydrogen (secondary N) is 1. The number of hydrogen-bond donors (Lipinski definition) is 1. The second-order valence-corrected chi connectivity index (χ2v) is 2.29. The Balaban J connectivity index is 0.000000671. The molecule has 1 atom stereocenters. The average molecular weight is 180 g/mol. The van der Waals surface area contributed by atoms with Gasteiger partial charge in [0.25, 0.3) is 0 Å². The van der Waals surface area contributed by atoms with Gasteiger partial charge in [0.15, 0.2) is 0 Å². The number of amides is 1. The van der Waals surface area contributed by atoms with Gasteiger partial charge in [0.2, 0.25) is 6.41 Å². The summed E-state index contributed by atoms with van der Waals surface area (Å²) in [6, 6.07) is 3.81. The molecular weight excluding hydrogens is 164 g/mol. The van der Waals surface area contributed by atoms with E-state index in [0.29, 0.717) is 6.41 Å². The van der Waals surface area contributed by atoms with E-state index < -0.39 is 0 Å². The van der Waals surface area contributed by atoms with Crippen LogP contribution in [0, 0.1) is 0 Å². The van der Waals surface area contributed by atoms with Crippen LogP contribution in [0.3, 0.4) is 0 Å². The average Bonchev–Trinajstić information content (AvgIpc) is 2.23. The summed E-state index contributed by atoms with van der Waals surface area (Å²) in [7, 11) is 0. The summed E-state index contributed by atoms with van der Waals surface area (Å²) in [6.45, 7) is 5.91. The molecule has 0 radical (unpaired) electrons. The van der Waals surface area contributed by atoms with Gasteiger partial charge in [-0.05, 0) is 18.6 Å². The van der Waals surface area contributed by atoms with Crippen molar-refractivity contribution in [3.63, 3.8) is 0 Å². The van der Waals surface area contributed by atoms with E-state index in [1.807, 2.05) is 32.9 Å². The third-order valence-corrected chi connectivity index (χ3v) is 1.50. The van der Waals surface area contributed by atoms with Crippen LogP contribution in [0.2, 0.25) is 0 Å². The van der Waals surface area contributed by atoms with E-state index in [0.717, 1.165) is 5.56 Å². The molecule has 13 heavy (non-hydrogen) atoms. The molecule has 0 bridgehead atoms. The van der Waals surface area contributed by atoms with Gasteiger partial charge in [-0.2, -0.15) is 0 Å². The van der Waals surface area contributed by atoms with Gasteiger partial charge in [0.05, 0.1) is 6.04 Å². The molecule has 0 unspecified atom stereocenters. The highest BCUT2D eigenvalue weighted by Gasteiger charge is 2.00. The van der Waals surface area contributed by atoms with Gasteiger partial charge in [-0.15, -0.1) is 0 Å². The standard InChI is InChI=1S/C8H10N2O.C2H6/c1-7(10-6-11)8-3-2-4-9-5-8;1-2/h2-7H,1H3,(H,10,11);1-2H3/t7-;/m0./s1. The lowest BCUT2D eigenvalue weighted by molar-refractivity contribution is -0.110. The Bertz CT molecular complexity index is 224. The zero-order chi connectivity index (χ0) is 10.1. The highest BCUT2D eigenvalue weighted by molar-refractivity contribution is 5.47. The molecule has 1 aromatic rings. The summed E-state index contributed by atoms with van der Waals surface area (Å²) in [5.74, 6) is 0. The Morgan fingerprint density at radius 1 is 1.54 bits per heavy atom. The molecule has 3 nitrogen and oxygen atoms in total. The van der Waals surface area contributed by atoms with E-state index in [-0.39, 0.29) is 6.04 Å². The maximum absolute atomic E-state index is 10.1. The predicted octanol–water partition coefficient (Wildman–Crippen LogP) is 1.91. The van der Waals surface area contributed by atoms with Crippen LogP contribution < -0.4 is 5.32 Å². The van der Waals surface area contributed by atoms with Gasteiger partial charge in [-0.3, -0.25) is 9.78 Å². The van der Waals surface area contributed by atoms with Crippen LogP contribution in [0.1, 0.15) is 32.4 Å². The third-order valence-electron chi connectivity index (χ3n) is 1.50. The molecule has 1 N–H and O–H groups in total. The van der Waals surface area contributed by atoms with E-state index in [4.69, 9.17) is 0 Å². The van der Waals surface area contributed by atoms with Crippen molar-refractivity contribution < 1.29 is 4.79 Å². The SMILES string of the molecule is CC.C[C@H](NC=O)c1cccnc1. The number of carbonyl (C=O) groups excluding carboxylic acids is 1. The van der Waals surface area contributed by atoms with E-state index in [1.54, 1.807) is 12.4 Å². The van der Waals surface area contributed by atoms with Crippen LogP contribution in [-0.2, 0) is 4.79 Å². The summed E-state index contributed by atoms with van der Waals surface area (Å²) in [4.78, 5) is 14.0. The Morgan fingerprint density at radius 3 is 2.69 bits per heavy atom. The fourth-order valence-corrected chi connectivity index (χ4v) is 0.830. The number of aromatic nitrogens is 1. The summed E-state index contributed by atoms with van der Waals surface area (Å²) >= 11 is 0. The minimum atomic E-state index is 0.0428. The van der Waals surface area contributed by atoms with Crippen molar-refractivity contribution in [3.8, 4) is 0 Å². The molecule has 0 fully saturated rings. The van der Waals surface area contributed by atoms with E-state index >= 15 is 0 Å². The lowest BCUT2D eigenvalue weighted by Crippen LogP contribution is -2.15. The summed E-state index contributed by atoms with van der Waals surface area (Å²) in [5.41, 5.74) is 1.01. The molecule has 3 heteroatoms. The second kappa shape index (κ2) is 7.28. The van der Waals surface area contributed by atoms with E-state index in [9.17, 15) is 4.79 Å². The van der Waals surface area contributed by atoms with Gasteiger partial charge < -0.3 is 5.32 Å². The second-order valence-electron chi connectivity index (χ2n) is 2.29. The summed E-state index contributed by atoms with van der Waals surface area (Å²) < 4.78 is 0. The maximum atomic E-state index is 10.1. The van der Waals surface area contributed by atoms with Gasteiger partial charge in [0.1, 0.15) is 0 Å². The molecule has 0 aliphatic carbocycles. The van der Waals surface area contributed by atoms with Crippen molar-refractivity contribution in [3.05, 3.63) is 30.1 Å². The summed E-state index contributed by atoms with van der Waals surface area (Å²) in [5, 5.41) is 2.64. The van der Waals surface area contributed by atoms with Gasteiger partial charge >= 0.3 is 0 Å². The van der Waals surface area contributed by atoms with E-state index in [1.165, 1.54) is 0 Å². The molecule has 0 aliphatic heterocycles. The first-order valence-electron chi connectivity index (χ1n) is 4.44. The largest absolute Gasteiger partial charge is 0.352 e. The van der Waals surface area contributed by atoms with E-state index in [2.05, 4.69) is 10.3 Å². The van der Waals surface area contributed by atoms with Gasteiger partial charge in [-0.25, -0.2) is 0 Å². The number of pyridine rings is 1. The fourth-order valence-electron chi connectivity index (χ4n) is 0.830. The van der Waals surface area contributed by atoms with Gasteiger partial charge in [0, 0.05) is 12.4 Å². The smallest absolute Gasteiger partial charge is 0.207 e. The van der Waals surface area contributed by atoms with Crippen LogP contribution in [0.4, 0.5) is 0 Å². The van der Waals surface area contributed by atoms with Crippen LogP contribution in [0.5, 0.6) is 0 Å². The minimum Gasteiger partial charge on any atom is -0.352 e. The van der Waals surface area contributed by atoms with Crippen LogP contribution in [-0.4, -0.2) is 11.4 Å². The number of carbonyl (C=O) groups is 1. The molecule has 0 spiro atoms. The lowest BCUT2D eigenvalue weighted by Gasteiger charge is -2.08. The zero-order valence-electron chi connectivity index (χ0n) is 8.32. The molecule has 1 heterocycles. The molecular formula is C10H16N2O. The minimum absolute atomic E-state index is 0.0428. The van der Waals surface area contributed by atoms with Gasteiger partial charge in [-0.1, -0.05) is 19.9 Å². The van der Waals surface area contributed by atoms with Crippen molar-refractivity contribution in [2.24, 2.45) is 0 Å². The molecule has 1 rings (SSSR count). The molecule has 0 aliphatic rings. The molecule has 1 aromatic heterocycles. The Morgan fingerprint density at radius 2 is 2.23 bits per heavy atom. The topological polar surface area (TPSA) is 42.0 Å². The Labute approximate surface area is 79.2 Å². The van der Waals surface area contributed by atoms with Crippen molar-refractivity contribution >= 4 is 6.41 Å². The molecule has 0 aromatic carbocycles. The highest BCUT2D eigenvalue weighted by Crippen LogP contribution is 2.07. The first kappa shape index (κ1) is 11.6. The van der Waals surface area contributed by atoms with Crippen molar-refractivity contribution in [2.45, 2.75) is 26.8 Å². The normalized spacial score (nSPS) is 10.7. The third kappa shape index (κ3) is 4.25. The Hall–Kier alpha value is -1.38. The quantitative estimate of drug-likeness (QED) is 0.722. The van der Waals surface area contributed by atoms with Crippen molar-refractivity contribution in [1.82, 2.24) is 10.3 Å². The first-order valence-corrected chi connectivity index (χ1v) is 4.44. The van der Waals surface area contributed by atoms with Crippen LogP contribution in [0.15, 0.2) is 24.5 Å². The maximum Gasteiger partial charge on any atom is 0.207 e. The first-order chi connectivity index (χ1) is 6.34. The fraction of sp³-hybridized carbons (Fsp3) is 0.400. The Kier molecular flexibility index (Phi) is 6.51. The molecule has 0 saturated heterocycles.